The third-order valence-corrected chi connectivity index (χ3v) is 4.49. The van der Waals surface area contributed by atoms with Crippen LogP contribution in [0.25, 0.3) is 11.0 Å². The number of para-hydroxylation sites is 1. The highest BCUT2D eigenvalue weighted by Crippen LogP contribution is 2.43. The average Bonchev–Trinajstić information content (AvgIpc) is 2.67. The lowest BCUT2D eigenvalue weighted by Crippen LogP contribution is -2.38. The summed E-state index contributed by atoms with van der Waals surface area (Å²) in [5, 5.41) is 0.596. The fourth-order valence-corrected chi connectivity index (χ4v) is 3.19. The van der Waals surface area contributed by atoms with Gasteiger partial charge in [-0.3, -0.25) is 0 Å². The summed E-state index contributed by atoms with van der Waals surface area (Å²) < 4.78 is 2.30. The SMILES string of the molecule is CC(Cl)c1nc2c(Cl)cccc2n1C1(C)CCC1. The molecule has 1 aromatic carbocycles. The molecule has 1 unspecified atom stereocenters. The van der Waals surface area contributed by atoms with E-state index in [1.54, 1.807) is 0 Å². The van der Waals surface area contributed by atoms with Crippen molar-refractivity contribution in [1.29, 1.82) is 0 Å². The van der Waals surface area contributed by atoms with Crippen molar-refractivity contribution in [2.75, 3.05) is 0 Å². The van der Waals surface area contributed by atoms with Crippen molar-refractivity contribution in [2.45, 2.75) is 44.0 Å². The molecule has 0 radical (unpaired) electrons. The van der Waals surface area contributed by atoms with E-state index in [4.69, 9.17) is 23.2 Å². The Morgan fingerprint density at radius 2 is 2.11 bits per heavy atom. The predicted molar refractivity (Wildman–Crippen MR) is 76.5 cm³/mol. The van der Waals surface area contributed by atoms with Crippen molar-refractivity contribution in [3.05, 3.63) is 29.0 Å². The lowest BCUT2D eigenvalue weighted by atomic mass is 9.78. The normalized spacial score (nSPS) is 19.8. The maximum Gasteiger partial charge on any atom is 0.128 e. The molecule has 0 saturated heterocycles. The molecule has 96 valence electrons. The first-order valence-corrected chi connectivity index (χ1v) is 7.16. The number of fused-ring (bicyclic) bond motifs is 1. The summed E-state index contributed by atoms with van der Waals surface area (Å²) in [6.45, 7) is 4.25. The molecule has 4 heteroatoms. The van der Waals surface area contributed by atoms with Gasteiger partial charge in [0, 0.05) is 5.54 Å². The van der Waals surface area contributed by atoms with Crippen LogP contribution in [0.3, 0.4) is 0 Å². The van der Waals surface area contributed by atoms with Crippen molar-refractivity contribution in [1.82, 2.24) is 9.55 Å². The Morgan fingerprint density at radius 3 is 2.67 bits per heavy atom. The van der Waals surface area contributed by atoms with Gasteiger partial charge in [-0.1, -0.05) is 17.7 Å². The van der Waals surface area contributed by atoms with Crippen LogP contribution in [0.4, 0.5) is 0 Å². The Kier molecular flexibility index (Phi) is 2.83. The van der Waals surface area contributed by atoms with Gasteiger partial charge in [0.15, 0.2) is 0 Å². The van der Waals surface area contributed by atoms with Gasteiger partial charge >= 0.3 is 0 Å². The summed E-state index contributed by atoms with van der Waals surface area (Å²) in [5.74, 6) is 0.932. The number of alkyl halides is 1. The molecule has 0 bridgehead atoms. The van der Waals surface area contributed by atoms with E-state index in [1.165, 1.54) is 19.3 Å². The Labute approximate surface area is 117 Å². The Bertz CT molecular complexity index is 597. The van der Waals surface area contributed by atoms with E-state index < -0.39 is 0 Å². The predicted octanol–water partition coefficient (Wildman–Crippen LogP) is 4.89. The van der Waals surface area contributed by atoms with Crippen molar-refractivity contribution in [3.8, 4) is 0 Å². The summed E-state index contributed by atoms with van der Waals surface area (Å²) in [4.78, 5) is 4.66. The molecule has 3 rings (SSSR count). The molecule has 1 heterocycles. The average molecular weight is 283 g/mol. The van der Waals surface area contributed by atoms with E-state index in [9.17, 15) is 0 Å². The number of hydrogen-bond donors (Lipinski definition) is 0. The van der Waals surface area contributed by atoms with Crippen LogP contribution in [0.2, 0.25) is 5.02 Å². The molecule has 0 spiro atoms. The smallest absolute Gasteiger partial charge is 0.128 e. The molecule has 0 N–H and O–H groups in total. The highest BCUT2D eigenvalue weighted by Gasteiger charge is 2.37. The summed E-state index contributed by atoms with van der Waals surface area (Å²) in [7, 11) is 0. The zero-order valence-electron chi connectivity index (χ0n) is 10.6. The molecule has 1 aliphatic carbocycles. The largest absolute Gasteiger partial charge is 0.321 e. The fourth-order valence-electron chi connectivity index (χ4n) is 2.83. The lowest BCUT2D eigenvalue weighted by molar-refractivity contribution is 0.169. The van der Waals surface area contributed by atoms with Crippen LogP contribution in [0, 0.1) is 0 Å². The zero-order valence-corrected chi connectivity index (χ0v) is 12.1. The Hall–Kier alpha value is -0.730. The van der Waals surface area contributed by atoms with E-state index in [0.29, 0.717) is 5.02 Å². The highest BCUT2D eigenvalue weighted by atomic mass is 35.5. The number of halogens is 2. The van der Waals surface area contributed by atoms with Gasteiger partial charge < -0.3 is 4.57 Å². The van der Waals surface area contributed by atoms with Crippen LogP contribution in [0.5, 0.6) is 0 Å². The molecule has 1 saturated carbocycles. The van der Waals surface area contributed by atoms with Gasteiger partial charge in [-0.15, -0.1) is 11.6 Å². The van der Waals surface area contributed by atoms with E-state index in [-0.39, 0.29) is 10.9 Å². The number of imidazole rings is 1. The van der Waals surface area contributed by atoms with E-state index in [1.807, 2.05) is 19.1 Å². The lowest BCUT2D eigenvalue weighted by Gasteiger charge is -2.41. The molecule has 0 aliphatic heterocycles. The second kappa shape index (κ2) is 4.14. The molecule has 1 fully saturated rings. The number of hydrogen-bond acceptors (Lipinski definition) is 1. The third-order valence-electron chi connectivity index (χ3n) is 3.99. The van der Waals surface area contributed by atoms with Crippen LogP contribution in [0.15, 0.2) is 18.2 Å². The molecule has 18 heavy (non-hydrogen) atoms. The zero-order chi connectivity index (χ0) is 12.9. The van der Waals surface area contributed by atoms with Crippen molar-refractivity contribution in [2.24, 2.45) is 0 Å². The molecule has 1 aromatic heterocycles. The Morgan fingerprint density at radius 1 is 1.39 bits per heavy atom. The molecule has 2 nitrogen and oxygen atoms in total. The standard InChI is InChI=1S/C14H16Cl2N2/c1-9(15)13-17-12-10(16)5-3-6-11(12)18(13)14(2)7-4-8-14/h3,5-6,9H,4,7-8H2,1-2H3. The first kappa shape index (κ1) is 12.3. The molecular formula is C14H16Cl2N2. The van der Waals surface area contributed by atoms with Crippen LogP contribution in [-0.2, 0) is 5.54 Å². The van der Waals surface area contributed by atoms with E-state index in [2.05, 4.69) is 22.5 Å². The van der Waals surface area contributed by atoms with Gasteiger partial charge in [0.2, 0.25) is 0 Å². The van der Waals surface area contributed by atoms with E-state index in [0.717, 1.165) is 16.9 Å². The molecule has 2 aromatic rings. The van der Waals surface area contributed by atoms with Gasteiger partial charge in [-0.05, 0) is 45.2 Å². The summed E-state index contributed by atoms with van der Waals surface area (Å²) in [5.41, 5.74) is 2.12. The van der Waals surface area contributed by atoms with Crippen molar-refractivity contribution < 1.29 is 0 Å². The van der Waals surface area contributed by atoms with Crippen LogP contribution >= 0.6 is 23.2 Å². The van der Waals surface area contributed by atoms with Crippen LogP contribution < -0.4 is 0 Å². The Balaban J connectivity index is 2.32. The minimum Gasteiger partial charge on any atom is -0.321 e. The second-order valence-electron chi connectivity index (χ2n) is 5.38. The summed E-state index contributed by atoms with van der Waals surface area (Å²) >= 11 is 12.5. The first-order chi connectivity index (χ1) is 8.53. The monoisotopic (exact) mass is 282 g/mol. The molecular weight excluding hydrogens is 267 g/mol. The number of aromatic nitrogens is 2. The highest BCUT2D eigenvalue weighted by molar-refractivity contribution is 6.35. The topological polar surface area (TPSA) is 17.8 Å². The van der Waals surface area contributed by atoms with E-state index >= 15 is 0 Å². The molecule has 1 aliphatic rings. The van der Waals surface area contributed by atoms with Crippen molar-refractivity contribution in [3.63, 3.8) is 0 Å². The maximum absolute atomic E-state index is 6.29. The second-order valence-corrected chi connectivity index (χ2v) is 6.44. The van der Waals surface area contributed by atoms with Crippen molar-refractivity contribution >= 4 is 34.2 Å². The van der Waals surface area contributed by atoms with Crippen LogP contribution in [-0.4, -0.2) is 9.55 Å². The van der Waals surface area contributed by atoms with Gasteiger partial charge in [0.05, 0.1) is 15.9 Å². The fraction of sp³-hybridized carbons (Fsp3) is 0.500. The van der Waals surface area contributed by atoms with Gasteiger partial charge in [-0.25, -0.2) is 4.98 Å². The first-order valence-electron chi connectivity index (χ1n) is 6.34. The third kappa shape index (κ3) is 1.66. The number of benzene rings is 1. The van der Waals surface area contributed by atoms with Gasteiger partial charge in [-0.2, -0.15) is 0 Å². The number of nitrogens with zero attached hydrogens (tertiary/aromatic N) is 2. The summed E-state index contributed by atoms with van der Waals surface area (Å²) in [6, 6.07) is 5.95. The quantitative estimate of drug-likeness (QED) is 0.717. The maximum atomic E-state index is 6.29. The van der Waals surface area contributed by atoms with Gasteiger partial charge in [0.25, 0.3) is 0 Å². The van der Waals surface area contributed by atoms with Crippen LogP contribution in [0.1, 0.15) is 44.3 Å². The summed E-state index contributed by atoms with van der Waals surface area (Å²) in [6.07, 6.45) is 3.63. The minimum absolute atomic E-state index is 0.106. The number of rotatable bonds is 2. The van der Waals surface area contributed by atoms with Gasteiger partial charge in [0.1, 0.15) is 11.3 Å². The minimum atomic E-state index is -0.106. The molecule has 0 amide bonds. The molecule has 1 atom stereocenters.